The van der Waals surface area contributed by atoms with Gasteiger partial charge in [-0.3, -0.25) is 4.90 Å². The van der Waals surface area contributed by atoms with E-state index in [2.05, 4.69) is 10.9 Å². The van der Waals surface area contributed by atoms with Crippen molar-refractivity contribution in [1.29, 1.82) is 0 Å². The fourth-order valence-corrected chi connectivity index (χ4v) is 2.68. The molecular weight excluding hydrogens is 294 g/mol. The first-order valence-electron chi connectivity index (χ1n) is 6.29. The number of ether oxygens (including phenoxy) is 2. The number of carbonyl (C=O) groups excluding carboxylic acids is 1. The summed E-state index contributed by atoms with van der Waals surface area (Å²) in [5.74, 6) is 3.63. The highest BCUT2D eigenvalue weighted by molar-refractivity contribution is 6.32. The van der Waals surface area contributed by atoms with E-state index >= 15 is 0 Å². The molecule has 1 atom stereocenters. The third kappa shape index (κ3) is 2.26. The fourth-order valence-electron chi connectivity index (χ4n) is 2.40. The zero-order chi connectivity index (χ0) is 15.0. The number of nitrogens with zero attached hydrogens (tertiary/aromatic N) is 2. The van der Waals surface area contributed by atoms with Crippen LogP contribution in [0, 0.1) is 12.3 Å². The van der Waals surface area contributed by atoms with E-state index < -0.39 is 12.1 Å². The number of nitrogens with two attached hydrogens (primary N) is 1. The van der Waals surface area contributed by atoms with E-state index in [1.54, 1.807) is 12.1 Å². The Balaban J connectivity index is 2.03. The van der Waals surface area contributed by atoms with Crippen LogP contribution in [0.4, 0.5) is 4.79 Å². The molecule has 0 spiro atoms. The van der Waals surface area contributed by atoms with E-state index in [0.717, 1.165) is 0 Å². The monoisotopic (exact) mass is 305 g/mol. The van der Waals surface area contributed by atoms with E-state index in [4.69, 9.17) is 33.2 Å². The molecule has 2 aliphatic rings. The maximum atomic E-state index is 11.8. The van der Waals surface area contributed by atoms with Gasteiger partial charge < -0.3 is 15.2 Å². The Kier molecular flexibility index (Phi) is 3.35. The Morgan fingerprint density at radius 3 is 3.00 bits per heavy atom. The number of aliphatic imine (C=N–C) groups is 1. The quantitative estimate of drug-likeness (QED) is 0.842. The van der Waals surface area contributed by atoms with Gasteiger partial charge in [-0.25, -0.2) is 4.79 Å². The molecule has 7 heteroatoms. The summed E-state index contributed by atoms with van der Waals surface area (Å²) in [6.07, 6.45) is 5.29. The van der Waals surface area contributed by atoms with Crippen molar-refractivity contribution in [3.63, 3.8) is 0 Å². The first kappa shape index (κ1) is 13.6. The molecular formula is C14H12ClN3O3. The molecule has 0 radical (unpaired) electrons. The van der Waals surface area contributed by atoms with Gasteiger partial charge in [-0.15, -0.1) is 6.42 Å². The molecule has 2 aliphatic heterocycles. The number of fused-ring (bicyclic) bond motifs is 1. The lowest BCUT2D eigenvalue weighted by Crippen LogP contribution is -2.33. The van der Waals surface area contributed by atoms with E-state index in [-0.39, 0.29) is 12.4 Å². The van der Waals surface area contributed by atoms with E-state index in [1.807, 2.05) is 0 Å². The molecule has 0 saturated heterocycles. The van der Waals surface area contributed by atoms with Crippen molar-refractivity contribution >= 4 is 23.5 Å². The smallest absolute Gasteiger partial charge is 0.346 e. The maximum Gasteiger partial charge on any atom is 0.346 e. The van der Waals surface area contributed by atoms with Crippen LogP contribution in [0.2, 0.25) is 5.02 Å². The van der Waals surface area contributed by atoms with Crippen molar-refractivity contribution in [2.24, 2.45) is 10.7 Å². The largest absolute Gasteiger partial charge is 0.486 e. The van der Waals surface area contributed by atoms with Crippen LogP contribution in [-0.2, 0) is 0 Å². The van der Waals surface area contributed by atoms with Crippen molar-refractivity contribution in [2.45, 2.75) is 6.04 Å². The van der Waals surface area contributed by atoms with Crippen LogP contribution in [-0.4, -0.2) is 36.5 Å². The van der Waals surface area contributed by atoms with Crippen LogP contribution < -0.4 is 15.2 Å². The molecule has 0 aromatic heterocycles. The lowest BCUT2D eigenvalue weighted by molar-refractivity contribution is 0.171. The second kappa shape index (κ2) is 5.19. The summed E-state index contributed by atoms with van der Waals surface area (Å²) in [6.45, 7) is 0.995. The zero-order valence-corrected chi connectivity index (χ0v) is 11.8. The highest BCUT2D eigenvalue weighted by Gasteiger charge is 2.35. The van der Waals surface area contributed by atoms with Gasteiger partial charge in [0.25, 0.3) is 0 Å². The molecule has 21 heavy (non-hydrogen) atoms. The van der Waals surface area contributed by atoms with Crippen LogP contribution in [0.5, 0.6) is 11.5 Å². The van der Waals surface area contributed by atoms with E-state index in [1.165, 1.54) is 4.90 Å². The molecule has 0 saturated carbocycles. The summed E-state index contributed by atoms with van der Waals surface area (Å²) in [6, 6.07) is 2.43. The Hall–Kier alpha value is -2.39. The van der Waals surface area contributed by atoms with Gasteiger partial charge in [-0.05, 0) is 17.7 Å². The van der Waals surface area contributed by atoms with Gasteiger partial charge in [0, 0.05) is 0 Å². The summed E-state index contributed by atoms with van der Waals surface area (Å²) < 4.78 is 11.0. The SMILES string of the molecule is C#CCN1C(=O)N=C(N)C1c1cc(Cl)c2c(c1)OCCO2. The first-order chi connectivity index (χ1) is 10.1. The molecule has 2 heterocycles. The van der Waals surface area contributed by atoms with Crippen LogP contribution in [0.3, 0.4) is 0 Å². The summed E-state index contributed by atoms with van der Waals surface area (Å²) in [5, 5.41) is 0.398. The molecule has 0 fully saturated rings. The van der Waals surface area contributed by atoms with Crippen molar-refractivity contribution < 1.29 is 14.3 Å². The number of terminal acetylenes is 1. The molecule has 0 aliphatic carbocycles. The number of hydrogen-bond acceptors (Lipinski definition) is 4. The predicted octanol–water partition coefficient (Wildman–Crippen LogP) is 1.58. The summed E-state index contributed by atoms with van der Waals surface area (Å²) in [7, 11) is 0. The summed E-state index contributed by atoms with van der Waals surface area (Å²) in [5.41, 5.74) is 6.54. The highest BCUT2D eigenvalue weighted by Crippen LogP contribution is 2.41. The van der Waals surface area contributed by atoms with E-state index in [0.29, 0.717) is 35.3 Å². The molecule has 6 nitrogen and oxygen atoms in total. The number of carbonyl (C=O) groups is 1. The Morgan fingerprint density at radius 1 is 1.48 bits per heavy atom. The van der Waals surface area contributed by atoms with Crippen LogP contribution in [0.25, 0.3) is 0 Å². The normalized spacial score (nSPS) is 20.2. The third-order valence-electron chi connectivity index (χ3n) is 3.26. The number of halogens is 1. The molecule has 108 valence electrons. The lowest BCUT2D eigenvalue weighted by atomic mass is 10.0. The summed E-state index contributed by atoms with van der Waals surface area (Å²) in [4.78, 5) is 17.0. The lowest BCUT2D eigenvalue weighted by Gasteiger charge is -2.25. The molecule has 1 aromatic rings. The molecule has 0 bridgehead atoms. The summed E-state index contributed by atoms with van der Waals surface area (Å²) >= 11 is 6.21. The van der Waals surface area contributed by atoms with Gasteiger partial charge >= 0.3 is 6.03 Å². The Bertz CT molecular complexity index is 681. The van der Waals surface area contributed by atoms with Crippen molar-refractivity contribution in [1.82, 2.24) is 4.90 Å². The Morgan fingerprint density at radius 2 is 2.24 bits per heavy atom. The van der Waals surface area contributed by atoms with Gasteiger partial charge in [0.1, 0.15) is 25.1 Å². The van der Waals surface area contributed by atoms with Gasteiger partial charge in [-0.2, -0.15) is 4.99 Å². The van der Waals surface area contributed by atoms with Crippen LogP contribution in [0.1, 0.15) is 11.6 Å². The minimum atomic E-state index is -0.540. The second-order valence-corrected chi connectivity index (χ2v) is 4.99. The molecule has 1 unspecified atom stereocenters. The number of rotatable bonds is 2. The van der Waals surface area contributed by atoms with Crippen molar-refractivity contribution in [3.8, 4) is 23.8 Å². The number of amidine groups is 1. The number of amides is 2. The predicted molar refractivity (Wildman–Crippen MR) is 77.7 cm³/mol. The zero-order valence-electron chi connectivity index (χ0n) is 11.0. The molecule has 1 aromatic carbocycles. The maximum absolute atomic E-state index is 11.8. The van der Waals surface area contributed by atoms with Crippen LogP contribution in [0.15, 0.2) is 17.1 Å². The van der Waals surface area contributed by atoms with Crippen LogP contribution >= 0.6 is 11.6 Å². The second-order valence-electron chi connectivity index (χ2n) is 4.58. The van der Waals surface area contributed by atoms with Gasteiger partial charge in [0.15, 0.2) is 11.5 Å². The van der Waals surface area contributed by atoms with Crippen molar-refractivity contribution in [3.05, 3.63) is 22.7 Å². The van der Waals surface area contributed by atoms with Gasteiger partial charge in [-0.1, -0.05) is 17.5 Å². The average molecular weight is 306 g/mol. The average Bonchev–Trinajstić information content (AvgIpc) is 2.74. The van der Waals surface area contributed by atoms with Crippen molar-refractivity contribution in [2.75, 3.05) is 19.8 Å². The minimum absolute atomic E-state index is 0.111. The minimum Gasteiger partial charge on any atom is -0.486 e. The highest BCUT2D eigenvalue weighted by atomic mass is 35.5. The number of hydrogen-bond donors (Lipinski definition) is 1. The topological polar surface area (TPSA) is 77.2 Å². The molecule has 2 amide bonds. The number of benzene rings is 1. The molecule has 2 N–H and O–H groups in total. The first-order valence-corrected chi connectivity index (χ1v) is 6.66. The fraction of sp³-hybridized carbons (Fsp3) is 0.286. The van der Waals surface area contributed by atoms with E-state index in [9.17, 15) is 4.79 Å². The third-order valence-corrected chi connectivity index (χ3v) is 3.54. The standard InChI is InChI=1S/C14H12ClN3O3/c1-2-3-18-11(13(16)17-14(18)19)8-6-9(15)12-10(7-8)20-4-5-21-12/h1,6-7,11H,3-5H2,(H2,16,17,19). The van der Waals surface area contributed by atoms with Gasteiger partial charge in [0.2, 0.25) is 0 Å². The van der Waals surface area contributed by atoms with Gasteiger partial charge in [0.05, 0.1) is 11.6 Å². The number of urea groups is 1. The Labute approximate surface area is 126 Å². The molecule has 3 rings (SSSR count).